The molecule has 1 fully saturated rings. The van der Waals surface area contributed by atoms with E-state index in [0.717, 1.165) is 24.8 Å². The zero-order valence-corrected chi connectivity index (χ0v) is 11.8. The zero-order valence-electron chi connectivity index (χ0n) is 11.0. The van der Waals surface area contributed by atoms with Crippen molar-refractivity contribution in [2.75, 3.05) is 25.1 Å². The fourth-order valence-electron chi connectivity index (χ4n) is 2.95. The third-order valence-electron chi connectivity index (χ3n) is 4.02. The van der Waals surface area contributed by atoms with Crippen LogP contribution in [0.1, 0.15) is 18.4 Å². The molecule has 1 aromatic carbocycles. The Morgan fingerprint density at radius 2 is 2.06 bits per heavy atom. The first-order valence-corrected chi connectivity index (χ1v) is 8.01. The van der Waals surface area contributed by atoms with Crippen molar-refractivity contribution in [3.63, 3.8) is 0 Å². The Bertz CT molecular complexity index is 378. The second-order valence-corrected chi connectivity index (χ2v) is 6.56. The van der Waals surface area contributed by atoms with E-state index in [0.29, 0.717) is 6.10 Å². The monoisotopic (exact) mass is 263 g/mol. The van der Waals surface area contributed by atoms with E-state index in [4.69, 9.17) is 4.74 Å². The fraction of sp³-hybridized carbons (Fsp3) is 0.600. The van der Waals surface area contributed by atoms with Crippen LogP contribution in [-0.2, 0) is 6.42 Å². The number of hydrogen-bond donors (Lipinski definition) is 0. The second-order valence-electron chi connectivity index (χ2n) is 5.33. The first-order valence-electron chi connectivity index (χ1n) is 6.85. The van der Waals surface area contributed by atoms with Crippen molar-refractivity contribution in [3.8, 4) is 5.75 Å². The number of ether oxygens (including phenoxy) is 1. The molecule has 1 unspecified atom stereocenters. The van der Waals surface area contributed by atoms with E-state index in [9.17, 15) is 0 Å². The minimum atomic E-state index is 0.349. The first-order chi connectivity index (χ1) is 8.83. The molecule has 0 amide bonds. The van der Waals surface area contributed by atoms with Gasteiger partial charge in [0.05, 0.1) is 0 Å². The number of nitrogens with zero attached hydrogens (tertiary/aromatic N) is 1. The topological polar surface area (TPSA) is 12.5 Å². The molecule has 0 bridgehead atoms. The molecule has 0 spiro atoms. The van der Waals surface area contributed by atoms with Crippen LogP contribution in [0, 0.1) is 0 Å². The number of benzene rings is 1. The molecule has 3 heteroatoms. The number of hydrogen-bond acceptors (Lipinski definition) is 3. The minimum Gasteiger partial charge on any atom is -0.488 e. The Labute approximate surface area is 114 Å². The van der Waals surface area contributed by atoms with Gasteiger partial charge >= 0.3 is 0 Å². The molecule has 2 aliphatic heterocycles. The molecule has 1 saturated heterocycles. The Hall–Kier alpha value is -0.670. The summed E-state index contributed by atoms with van der Waals surface area (Å²) in [6, 6.07) is 9.20. The standard InChI is InChI=1S/C15H21NOS/c1-16(13-6-8-18-9-7-13)11-14-10-12-4-2-3-5-15(12)17-14/h2-5,13-14H,6-11H2,1H3. The number of fused-ring (bicyclic) bond motifs is 1. The maximum absolute atomic E-state index is 6.02. The number of likely N-dealkylation sites (N-methyl/N-ethyl adjacent to an activating group) is 1. The van der Waals surface area contributed by atoms with Crippen LogP contribution < -0.4 is 4.74 Å². The van der Waals surface area contributed by atoms with Crippen LogP contribution in [0.4, 0.5) is 0 Å². The molecule has 0 saturated carbocycles. The van der Waals surface area contributed by atoms with E-state index in [1.54, 1.807) is 0 Å². The van der Waals surface area contributed by atoms with Gasteiger partial charge in [0.2, 0.25) is 0 Å². The van der Waals surface area contributed by atoms with Crippen molar-refractivity contribution < 1.29 is 4.74 Å². The van der Waals surface area contributed by atoms with E-state index in [1.807, 2.05) is 0 Å². The summed E-state index contributed by atoms with van der Waals surface area (Å²) in [7, 11) is 2.26. The van der Waals surface area contributed by atoms with Gasteiger partial charge in [0, 0.05) is 19.0 Å². The lowest BCUT2D eigenvalue weighted by atomic mass is 10.1. The molecule has 2 aliphatic rings. The van der Waals surface area contributed by atoms with Crippen LogP contribution in [0.15, 0.2) is 24.3 Å². The van der Waals surface area contributed by atoms with Crippen LogP contribution in [0.3, 0.4) is 0 Å². The molecular weight excluding hydrogens is 242 g/mol. The first kappa shape index (κ1) is 12.4. The predicted octanol–water partition coefficient (Wildman–Crippen LogP) is 2.82. The van der Waals surface area contributed by atoms with Crippen molar-refractivity contribution >= 4 is 11.8 Å². The van der Waals surface area contributed by atoms with E-state index < -0.39 is 0 Å². The van der Waals surface area contributed by atoms with Crippen molar-refractivity contribution in [1.82, 2.24) is 4.90 Å². The van der Waals surface area contributed by atoms with Crippen molar-refractivity contribution in [2.45, 2.75) is 31.4 Å². The van der Waals surface area contributed by atoms with Crippen LogP contribution in [0.5, 0.6) is 5.75 Å². The molecule has 0 radical (unpaired) electrons. The van der Waals surface area contributed by atoms with Crippen LogP contribution in [0.2, 0.25) is 0 Å². The minimum absolute atomic E-state index is 0.349. The van der Waals surface area contributed by atoms with Gasteiger partial charge in [-0.1, -0.05) is 18.2 Å². The van der Waals surface area contributed by atoms with Gasteiger partial charge in [-0.05, 0) is 43.0 Å². The highest BCUT2D eigenvalue weighted by molar-refractivity contribution is 7.99. The Balaban J connectivity index is 1.55. The van der Waals surface area contributed by atoms with Gasteiger partial charge in [-0.15, -0.1) is 0 Å². The largest absolute Gasteiger partial charge is 0.488 e. The summed E-state index contributed by atoms with van der Waals surface area (Å²) < 4.78 is 6.02. The van der Waals surface area contributed by atoms with E-state index in [2.05, 4.69) is 48.0 Å². The van der Waals surface area contributed by atoms with Gasteiger partial charge in [0.1, 0.15) is 11.9 Å². The number of thioether (sulfide) groups is 1. The van der Waals surface area contributed by atoms with Gasteiger partial charge in [-0.3, -0.25) is 4.90 Å². The highest BCUT2D eigenvalue weighted by Gasteiger charge is 2.26. The molecule has 18 heavy (non-hydrogen) atoms. The third kappa shape index (κ3) is 2.67. The Kier molecular flexibility index (Phi) is 3.80. The molecule has 0 N–H and O–H groups in total. The van der Waals surface area contributed by atoms with Gasteiger partial charge in [0.25, 0.3) is 0 Å². The summed E-state index contributed by atoms with van der Waals surface area (Å²) in [6.07, 6.45) is 4.09. The SMILES string of the molecule is CN(CC1Cc2ccccc2O1)C1CCSCC1. The molecule has 2 heterocycles. The number of rotatable bonds is 3. The Morgan fingerprint density at radius 1 is 1.28 bits per heavy atom. The molecule has 0 aliphatic carbocycles. The fourth-order valence-corrected chi connectivity index (χ4v) is 4.03. The van der Waals surface area contributed by atoms with Gasteiger partial charge < -0.3 is 4.74 Å². The lowest BCUT2D eigenvalue weighted by Crippen LogP contribution is -2.40. The van der Waals surface area contributed by atoms with Crippen LogP contribution >= 0.6 is 11.8 Å². The predicted molar refractivity (Wildman–Crippen MR) is 77.5 cm³/mol. The van der Waals surface area contributed by atoms with E-state index in [1.165, 1.54) is 29.9 Å². The summed E-state index contributed by atoms with van der Waals surface area (Å²) in [5.74, 6) is 3.73. The van der Waals surface area contributed by atoms with Crippen molar-refractivity contribution in [3.05, 3.63) is 29.8 Å². The van der Waals surface area contributed by atoms with Crippen molar-refractivity contribution in [1.29, 1.82) is 0 Å². The van der Waals surface area contributed by atoms with Crippen LogP contribution in [-0.4, -0.2) is 42.1 Å². The highest BCUT2D eigenvalue weighted by Crippen LogP contribution is 2.29. The number of para-hydroxylation sites is 1. The summed E-state index contributed by atoms with van der Waals surface area (Å²) in [5, 5.41) is 0. The molecule has 98 valence electrons. The average molecular weight is 263 g/mol. The second kappa shape index (κ2) is 5.54. The zero-order chi connectivity index (χ0) is 12.4. The van der Waals surface area contributed by atoms with E-state index >= 15 is 0 Å². The molecule has 1 aromatic rings. The smallest absolute Gasteiger partial charge is 0.123 e. The van der Waals surface area contributed by atoms with Gasteiger partial charge in [-0.25, -0.2) is 0 Å². The lowest BCUT2D eigenvalue weighted by molar-refractivity contribution is 0.134. The normalized spacial score (nSPS) is 24.0. The van der Waals surface area contributed by atoms with Crippen molar-refractivity contribution in [2.24, 2.45) is 0 Å². The summed E-state index contributed by atoms with van der Waals surface area (Å²) in [6.45, 7) is 1.06. The molecule has 1 atom stereocenters. The summed E-state index contributed by atoms with van der Waals surface area (Å²) in [5.41, 5.74) is 1.37. The molecule has 2 nitrogen and oxygen atoms in total. The molecular formula is C15H21NOS. The maximum atomic E-state index is 6.02. The Morgan fingerprint density at radius 3 is 2.83 bits per heavy atom. The van der Waals surface area contributed by atoms with Gasteiger partial charge in [-0.2, -0.15) is 11.8 Å². The maximum Gasteiger partial charge on any atom is 0.123 e. The highest BCUT2D eigenvalue weighted by atomic mass is 32.2. The summed E-state index contributed by atoms with van der Waals surface area (Å²) in [4.78, 5) is 2.51. The van der Waals surface area contributed by atoms with Crippen LogP contribution in [0.25, 0.3) is 0 Å². The third-order valence-corrected chi connectivity index (χ3v) is 5.07. The molecule has 3 rings (SSSR count). The molecule has 0 aromatic heterocycles. The van der Waals surface area contributed by atoms with E-state index in [-0.39, 0.29) is 0 Å². The lowest BCUT2D eigenvalue weighted by Gasteiger charge is -2.32. The summed E-state index contributed by atoms with van der Waals surface area (Å²) >= 11 is 2.09. The van der Waals surface area contributed by atoms with Gasteiger partial charge in [0.15, 0.2) is 0 Å². The quantitative estimate of drug-likeness (QED) is 0.832. The average Bonchev–Trinajstić information content (AvgIpc) is 2.82.